The molecule has 0 rings (SSSR count). The second-order valence-electron chi connectivity index (χ2n) is 4.06. The maximum atomic E-state index is 11.2. The van der Waals surface area contributed by atoms with Gasteiger partial charge in [-0.05, 0) is 12.8 Å². The van der Waals surface area contributed by atoms with Crippen LogP contribution in [0, 0.1) is 0 Å². The van der Waals surface area contributed by atoms with Crippen LogP contribution in [0.2, 0.25) is 0 Å². The third kappa shape index (κ3) is 22.8. The first-order valence-electron chi connectivity index (χ1n) is 8.30. The van der Waals surface area contributed by atoms with Crippen molar-refractivity contribution in [1.29, 1.82) is 0 Å². The number of hydrogen-bond donors (Lipinski definition) is 4. The van der Waals surface area contributed by atoms with Crippen LogP contribution in [0.4, 0.5) is 0 Å². The lowest BCUT2D eigenvalue weighted by Gasteiger charge is -2.12. The van der Waals surface area contributed by atoms with Gasteiger partial charge in [0.25, 0.3) is 0 Å². The summed E-state index contributed by atoms with van der Waals surface area (Å²) in [5, 5.41) is 19.4. The maximum absolute atomic E-state index is 11.2. The molecule has 0 fully saturated rings. The zero-order valence-corrected chi connectivity index (χ0v) is 15.7. The molecule has 0 aliphatic heterocycles. The molecule has 2 atom stereocenters. The summed E-state index contributed by atoms with van der Waals surface area (Å²) in [6.07, 6.45) is 1.40. The van der Waals surface area contributed by atoms with E-state index in [-0.39, 0.29) is 19.3 Å². The predicted octanol–water partition coefficient (Wildman–Crippen LogP) is 2.63. The van der Waals surface area contributed by atoms with Crippen LogP contribution in [0.3, 0.4) is 0 Å². The highest BCUT2D eigenvalue weighted by atomic mass is 16.4. The number of nitrogens with two attached hydrogens (primary N) is 1. The number of aliphatic carboxylic acids is 2. The predicted molar refractivity (Wildman–Crippen MR) is 93.4 cm³/mol. The fraction of sp³-hybridized carbons (Fsp3) is 0.812. The van der Waals surface area contributed by atoms with Crippen molar-refractivity contribution in [3.05, 3.63) is 0 Å². The molecule has 7 heteroatoms. The summed E-state index contributed by atoms with van der Waals surface area (Å²) >= 11 is 0. The molecule has 23 heavy (non-hydrogen) atoms. The van der Waals surface area contributed by atoms with Crippen LogP contribution in [0.1, 0.15) is 74.1 Å². The molecule has 0 aliphatic carbocycles. The SMILES string of the molecule is CC.CC.CCC.CCC(NC(=O)CCC(N)C(=O)O)C(=O)O. The molecule has 0 saturated heterocycles. The van der Waals surface area contributed by atoms with E-state index in [1.54, 1.807) is 6.92 Å². The molecule has 140 valence electrons. The summed E-state index contributed by atoms with van der Waals surface area (Å²) in [5.41, 5.74) is 5.19. The van der Waals surface area contributed by atoms with E-state index in [4.69, 9.17) is 15.9 Å². The Kier molecular flexibility index (Phi) is 28.9. The van der Waals surface area contributed by atoms with Gasteiger partial charge in [-0.1, -0.05) is 54.9 Å². The monoisotopic (exact) mass is 336 g/mol. The lowest BCUT2D eigenvalue weighted by Crippen LogP contribution is -2.41. The van der Waals surface area contributed by atoms with Crippen molar-refractivity contribution in [2.75, 3.05) is 0 Å². The molecule has 2 unspecified atom stereocenters. The summed E-state index contributed by atoms with van der Waals surface area (Å²) in [6, 6.07) is -2.04. The number of carboxylic acid groups (broad SMARTS) is 2. The molecule has 0 radical (unpaired) electrons. The van der Waals surface area contributed by atoms with E-state index in [2.05, 4.69) is 19.2 Å². The van der Waals surface area contributed by atoms with Gasteiger partial charge in [-0.25, -0.2) is 4.79 Å². The topological polar surface area (TPSA) is 130 Å². The Hall–Kier alpha value is -1.63. The minimum atomic E-state index is -1.18. The van der Waals surface area contributed by atoms with Crippen molar-refractivity contribution in [3.63, 3.8) is 0 Å². The lowest BCUT2D eigenvalue weighted by molar-refractivity contribution is -0.142. The van der Waals surface area contributed by atoms with Gasteiger partial charge in [0.05, 0.1) is 0 Å². The van der Waals surface area contributed by atoms with Crippen LogP contribution >= 0.6 is 0 Å². The smallest absolute Gasteiger partial charge is 0.326 e. The Labute approximate surface area is 140 Å². The number of carbonyl (C=O) groups is 3. The van der Waals surface area contributed by atoms with E-state index in [9.17, 15) is 14.4 Å². The molecule has 0 aliphatic rings. The minimum Gasteiger partial charge on any atom is -0.480 e. The van der Waals surface area contributed by atoms with E-state index >= 15 is 0 Å². The van der Waals surface area contributed by atoms with Gasteiger partial charge < -0.3 is 21.3 Å². The first-order valence-corrected chi connectivity index (χ1v) is 8.30. The normalized spacial score (nSPS) is 11.0. The first kappa shape index (κ1) is 29.4. The van der Waals surface area contributed by atoms with Gasteiger partial charge in [0.1, 0.15) is 12.1 Å². The Bertz CT molecular complexity index is 296. The molecule has 0 saturated carbocycles. The Morgan fingerprint density at radius 1 is 0.957 bits per heavy atom. The highest BCUT2D eigenvalue weighted by Gasteiger charge is 2.19. The molecule has 1 amide bonds. The van der Waals surface area contributed by atoms with Crippen molar-refractivity contribution < 1.29 is 24.6 Å². The van der Waals surface area contributed by atoms with Crippen LogP contribution < -0.4 is 11.1 Å². The van der Waals surface area contributed by atoms with E-state index in [1.165, 1.54) is 6.42 Å². The maximum Gasteiger partial charge on any atom is 0.326 e. The third-order valence-corrected chi connectivity index (χ3v) is 2.04. The van der Waals surface area contributed by atoms with Crippen LogP contribution in [0.25, 0.3) is 0 Å². The summed E-state index contributed by atoms with van der Waals surface area (Å²) < 4.78 is 0. The molecule has 7 nitrogen and oxygen atoms in total. The Morgan fingerprint density at radius 3 is 1.61 bits per heavy atom. The summed E-state index contributed by atoms with van der Waals surface area (Å²) in [5.74, 6) is -2.80. The van der Waals surface area contributed by atoms with Crippen molar-refractivity contribution in [1.82, 2.24) is 5.32 Å². The highest BCUT2D eigenvalue weighted by molar-refractivity contribution is 5.84. The van der Waals surface area contributed by atoms with Gasteiger partial charge in [-0.3, -0.25) is 9.59 Å². The molecule has 5 N–H and O–H groups in total. The quantitative estimate of drug-likeness (QED) is 0.565. The van der Waals surface area contributed by atoms with Crippen LogP contribution in [0.5, 0.6) is 0 Å². The summed E-state index contributed by atoms with van der Waals surface area (Å²) in [7, 11) is 0. The largest absolute Gasteiger partial charge is 0.480 e. The van der Waals surface area contributed by atoms with Crippen LogP contribution in [-0.4, -0.2) is 40.1 Å². The molecule has 0 bridgehead atoms. The molecular weight excluding hydrogens is 300 g/mol. The first-order chi connectivity index (χ1) is 10.8. The average molecular weight is 336 g/mol. The number of hydrogen-bond acceptors (Lipinski definition) is 4. The zero-order chi connectivity index (χ0) is 19.4. The minimum absolute atomic E-state index is 0.0166. The van der Waals surface area contributed by atoms with Gasteiger partial charge in [-0.2, -0.15) is 0 Å². The second-order valence-corrected chi connectivity index (χ2v) is 4.06. The number of nitrogens with one attached hydrogen (secondary N) is 1. The van der Waals surface area contributed by atoms with Crippen molar-refractivity contribution in [2.24, 2.45) is 5.73 Å². The average Bonchev–Trinajstić information content (AvgIpc) is 2.54. The Balaban J connectivity index is -0.000000222. The van der Waals surface area contributed by atoms with E-state index in [0.29, 0.717) is 0 Å². The summed E-state index contributed by atoms with van der Waals surface area (Å²) in [4.78, 5) is 32.1. The number of carbonyl (C=O) groups excluding carboxylic acids is 1. The molecule has 0 aromatic heterocycles. The van der Waals surface area contributed by atoms with Crippen LogP contribution in [-0.2, 0) is 14.4 Å². The van der Waals surface area contributed by atoms with Crippen molar-refractivity contribution in [3.8, 4) is 0 Å². The zero-order valence-electron chi connectivity index (χ0n) is 15.7. The third-order valence-electron chi connectivity index (χ3n) is 2.04. The van der Waals surface area contributed by atoms with E-state index in [0.717, 1.165) is 0 Å². The van der Waals surface area contributed by atoms with Crippen LogP contribution in [0.15, 0.2) is 0 Å². The standard InChI is InChI=1S/C9H16N2O5.C3H8.2C2H6/c1-2-6(9(15)16)11-7(12)4-3-5(10)8(13)14;1-3-2;2*1-2/h5-6H,2-4,10H2,1H3,(H,11,12)(H,13,14)(H,15,16);3H2,1-2H3;2*1-2H3. The lowest BCUT2D eigenvalue weighted by atomic mass is 10.1. The van der Waals surface area contributed by atoms with E-state index in [1.807, 2.05) is 27.7 Å². The molecule has 0 aromatic carbocycles. The molecular formula is C16H36N2O5. The van der Waals surface area contributed by atoms with Gasteiger partial charge in [0, 0.05) is 6.42 Å². The van der Waals surface area contributed by atoms with Crippen molar-refractivity contribution in [2.45, 2.75) is 86.2 Å². The molecule has 0 heterocycles. The van der Waals surface area contributed by atoms with Gasteiger partial charge >= 0.3 is 11.9 Å². The molecule has 0 spiro atoms. The van der Waals surface area contributed by atoms with Gasteiger partial charge in [0.2, 0.25) is 5.91 Å². The van der Waals surface area contributed by atoms with Gasteiger partial charge in [0.15, 0.2) is 0 Å². The summed E-state index contributed by atoms with van der Waals surface area (Å²) in [6.45, 7) is 13.9. The number of rotatable bonds is 7. The number of carboxylic acids is 2. The van der Waals surface area contributed by atoms with E-state index < -0.39 is 29.9 Å². The molecule has 0 aromatic rings. The van der Waals surface area contributed by atoms with Crippen molar-refractivity contribution >= 4 is 17.8 Å². The fourth-order valence-electron chi connectivity index (χ4n) is 1.01. The Morgan fingerprint density at radius 2 is 1.35 bits per heavy atom. The number of amides is 1. The second kappa shape index (κ2) is 22.6. The highest BCUT2D eigenvalue weighted by Crippen LogP contribution is 1.97. The fourth-order valence-corrected chi connectivity index (χ4v) is 1.01. The van der Waals surface area contributed by atoms with Gasteiger partial charge in [-0.15, -0.1) is 0 Å².